The van der Waals surface area contributed by atoms with Crippen molar-refractivity contribution >= 4 is 22.7 Å². The van der Waals surface area contributed by atoms with Crippen LogP contribution in [0.5, 0.6) is 0 Å². The Balaban J connectivity index is 0. The van der Waals surface area contributed by atoms with Crippen molar-refractivity contribution in [1.29, 1.82) is 0 Å². The van der Waals surface area contributed by atoms with Gasteiger partial charge in [0.25, 0.3) is 0 Å². The Hall–Kier alpha value is -0.641. The van der Waals surface area contributed by atoms with Crippen molar-refractivity contribution in [1.82, 2.24) is 0 Å². The first-order valence-corrected chi connectivity index (χ1v) is 12.9. The Morgan fingerprint density at radius 2 is 1.06 bits per heavy atom. The molecule has 0 amide bonds. The van der Waals surface area contributed by atoms with E-state index in [2.05, 4.69) is 6.92 Å². The third-order valence-electron chi connectivity index (χ3n) is 6.20. The van der Waals surface area contributed by atoms with Gasteiger partial charge in [0.1, 0.15) is 0 Å². The zero-order chi connectivity index (χ0) is 22.9. The van der Waals surface area contributed by atoms with Gasteiger partial charge < -0.3 is 4.74 Å². The third-order valence-corrected chi connectivity index (χ3v) is 6.20. The largest absolute Gasteiger partial charge is 0.389 e. The summed E-state index contributed by atoms with van der Waals surface area (Å²) < 4.78 is 5.09. The monoisotopic (exact) mass is 615 g/mol. The number of fused-ring (bicyclic) bond motifs is 1. The summed E-state index contributed by atoms with van der Waals surface area (Å²) in [6, 6.07) is 13.1. The van der Waals surface area contributed by atoms with Crippen LogP contribution in [0.15, 0.2) is 42.5 Å². The molecule has 3 nitrogen and oxygen atoms in total. The van der Waals surface area contributed by atoms with Crippen molar-refractivity contribution in [3.05, 3.63) is 48.0 Å². The molecule has 0 atom stereocenters. The molecule has 35 heavy (non-hydrogen) atoms. The van der Waals surface area contributed by atoms with E-state index >= 15 is 0 Å². The van der Waals surface area contributed by atoms with Gasteiger partial charge in [0.05, 0.1) is 5.56 Å². The first-order chi connectivity index (χ1) is 15.7. The molecule has 0 aliphatic heterocycles. The second-order valence-electron chi connectivity index (χ2n) is 8.99. The molecular weight excluding hydrogens is 573 g/mol. The summed E-state index contributed by atoms with van der Waals surface area (Å²) >= 11 is 0. The second kappa shape index (κ2) is 23.7. The predicted molar refractivity (Wildman–Crippen MR) is 134 cm³/mol. The molecule has 2 rings (SSSR count). The van der Waals surface area contributed by atoms with Crippen LogP contribution in [-0.4, -0.2) is 11.9 Å². The van der Waals surface area contributed by atoms with Crippen LogP contribution < -0.4 is 0 Å². The third kappa shape index (κ3) is 15.9. The van der Waals surface area contributed by atoms with E-state index in [1.165, 1.54) is 77.0 Å². The van der Waals surface area contributed by atoms with Gasteiger partial charge in [-0.25, -0.2) is 4.79 Å². The van der Waals surface area contributed by atoms with Crippen LogP contribution in [0.4, 0.5) is 0 Å². The van der Waals surface area contributed by atoms with Gasteiger partial charge in [0.2, 0.25) is 0 Å². The summed E-state index contributed by atoms with van der Waals surface area (Å²) in [4.78, 5) is 24.4. The van der Waals surface area contributed by atoms with Gasteiger partial charge in [-0.05, 0) is 23.3 Å². The summed E-state index contributed by atoms with van der Waals surface area (Å²) in [5.74, 6) is -0.967. The second-order valence-corrected chi connectivity index (χ2v) is 8.99. The molecule has 2 aromatic carbocycles. The van der Waals surface area contributed by atoms with Gasteiger partial charge in [-0.2, -0.15) is 0 Å². The molecule has 0 saturated heterocycles. The number of ether oxygens (including phenoxy) is 1. The van der Waals surface area contributed by atoms with E-state index in [0.717, 1.165) is 30.0 Å². The van der Waals surface area contributed by atoms with E-state index in [4.69, 9.17) is 4.74 Å². The van der Waals surface area contributed by atoms with Crippen LogP contribution in [0.3, 0.4) is 0 Å². The molecule has 0 saturated carbocycles. The Labute approximate surface area is 243 Å². The van der Waals surface area contributed by atoms with Gasteiger partial charge in [-0.1, -0.05) is 133 Å². The van der Waals surface area contributed by atoms with Crippen LogP contribution in [0.1, 0.15) is 120 Å². The number of rotatable bonds is 17. The number of benzene rings is 2. The SMILES string of the molecule is CCCCCCCCCCCCCCCCCC(=O)OC(=O)c1cccc2ccccc12.[Co].[Co].[Co]. The molecule has 0 spiro atoms. The molecule has 0 heterocycles. The van der Waals surface area contributed by atoms with Crippen molar-refractivity contribution in [2.45, 2.75) is 110 Å². The van der Waals surface area contributed by atoms with Crippen LogP contribution in [0.25, 0.3) is 10.8 Å². The molecule has 0 unspecified atom stereocenters. The van der Waals surface area contributed by atoms with Crippen LogP contribution >= 0.6 is 0 Å². The summed E-state index contributed by atoms with van der Waals surface area (Å²) in [5, 5.41) is 1.79. The maximum atomic E-state index is 12.4. The molecule has 0 aliphatic carbocycles. The van der Waals surface area contributed by atoms with Gasteiger partial charge >= 0.3 is 11.9 Å². The molecule has 6 heteroatoms. The van der Waals surface area contributed by atoms with Crippen molar-refractivity contribution in [2.75, 3.05) is 0 Å². The van der Waals surface area contributed by atoms with Gasteiger partial charge in [0, 0.05) is 56.8 Å². The fraction of sp³-hybridized carbons (Fsp3) is 0.586. The van der Waals surface area contributed by atoms with Gasteiger partial charge in [-0.3, -0.25) is 4.79 Å². The Morgan fingerprint density at radius 1 is 0.600 bits per heavy atom. The number of hydrogen-bond donors (Lipinski definition) is 0. The molecule has 0 N–H and O–H groups in total. The Bertz CT molecular complexity index is 805. The molecule has 0 aliphatic rings. The molecule has 203 valence electrons. The quantitative estimate of drug-likeness (QED) is 0.102. The van der Waals surface area contributed by atoms with E-state index in [9.17, 15) is 9.59 Å². The van der Waals surface area contributed by atoms with Gasteiger partial charge in [-0.15, -0.1) is 0 Å². The zero-order valence-electron chi connectivity index (χ0n) is 21.1. The maximum absolute atomic E-state index is 12.4. The van der Waals surface area contributed by atoms with Crippen molar-refractivity contribution in [3.8, 4) is 0 Å². The minimum atomic E-state index is -0.548. The van der Waals surface area contributed by atoms with Crippen molar-refractivity contribution < 1.29 is 64.7 Å². The topological polar surface area (TPSA) is 43.4 Å². The van der Waals surface area contributed by atoms with E-state index in [0.29, 0.717) is 12.0 Å². The summed E-state index contributed by atoms with van der Waals surface area (Å²) in [7, 11) is 0. The fourth-order valence-electron chi connectivity index (χ4n) is 4.25. The molecule has 3 radical (unpaired) electrons. The standard InChI is InChI=1S/C29H42O3.3Co/c1-2-3-4-5-6-7-8-9-10-11-12-13-14-15-16-24-28(30)32-29(31)27-23-19-21-25-20-17-18-22-26(25)27;;;/h17-23H,2-16,24H2,1H3;;;. The Kier molecular flexibility index (Phi) is 24.8. The fourth-order valence-corrected chi connectivity index (χ4v) is 4.25. The molecule has 0 fully saturated rings. The number of unbranched alkanes of at least 4 members (excludes halogenated alkanes) is 14. The number of carbonyl (C=O) groups excluding carboxylic acids is 2. The molecule has 0 bridgehead atoms. The van der Waals surface area contributed by atoms with E-state index in [1.54, 1.807) is 6.07 Å². The minimum absolute atomic E-state index is 0. The average molecular weight is 615 g/mol. The van der Waals surface area contributed by atoms with Crippen molar-refractivity contribution in [2.24, 2.45) is 0 Å². The van der Waals surface area contributed by atoms with Gasteiger partial charge in [0.15, 0.2) is 0 Å². The average Bonchev–Trinajstić information content (AvgIpc) is 2.81. The number of carbonyl (C=O) groups is 2. The predicted octanol–water partition coefficient (Wildman–Crippen LogP) is 8.78. The zero-order valence-corrected chi connectivity index (χ0v) is 24.2. The van der Waals surface area contributed by atoms with Crippen LogP contribution in [0.2, 0.25) is 0 Å². The smallest absolute Gasteiger partial charge is 0.346 e. The van der Waals surface area contributed by atoms with Crippen LogP contribution in [0, 0.1) is 0 Å². The molecule has 2 aromatic rings. The first-order valence-electron chi connectivity index (χ1n) is 12.9. The van der Waals surface area contributed by atoms with E-state index in [-0.39, 0.29) is 50.3 Å². The van der Waals surface area contributed by atoms with E-state index in [1.807, 2.05) is 36.4 Å². The summed E-state index contributed by atoms with van der Waals surface area (Å²) in [5.41, 5.74) is 0.452. The van der Waals surface area contributed by atoms with E-state index < -0.39 is 11.9 Å². The van der Waals surface area contributed by atoms with Crippen LogP contribution in [-0.2, 0) is 59.9 Å². The summed E-state index contributed by atoms with van der Waals surface area (Å²) in [6.45, 7) is 2.27. The maximum Gasteiger partial charge on any atom is 0.346 e. The molecule has 0 aromatic heterocycles. The summed E-state index contributed by atoms with van der Waals surface area (Å²) in [6.07, 6.45) is 19.6. The number of hydrogen-bond acceptors (Lipinski definition) is 3. The molecular formula is C29H42Co3O3. The normalized spacial score (nSPS) is 10.1. The number of esters is 2. The Morgan fingerprint density at radius 3 is 1.60 bits per heavy atom. The first kappa shape index (κ1) is 36.5. The van der Waals surface area contributed by atoms with Crippen molar-refractivity contribution in [3.63, 3.8) is 0 Å². The minimum Gasteiger partial charge on any atom is -0.389 e.